The Balaban J connectivity index is 2.35. The topological polar surface area (TPSA) is 49.4 Å². The third-order valence-corrected chi connectivity index (χ3v) is 5.31. The largest absolute Gasteiger partial charge is 0.309 e. The molecular weight excluding hydrogens is 267 g/mol. The number of hydrogen-bond donors (Lipinski definition) is 1. The maximum Gasteiger partial charge on any atom is 0.243 e. The molecule has 1 aliphatic rings. The molecule has 19 heavy (non-hydrogen) atoms. The van der Waals surface area contributed by atoms with Crippen LogP contribution in [0.25, 0.3) is 0 Å². The van der Waals surface area contributed by atoms with Crippen LogP contribution in [0.4, 0.5) is 4.39 Å². The lowest BCUT2D eigenvalue weighted by molar-refractivity contribution is 0.184. The molecule has 0 bridgehead atoms. The van der Waals surface area contributed by atoms with Crippen molar-refractivity contribution < 1.29 is 12.8 Å². The van der Waals surface area contributed by atoms with Crippen LogP contribution in [0.2, 0.25) is 0 Å². The van der Waals surface area contributed by atoms with E-state index in [0.29, 0.717) is 13.1 Å². The molecule has 0 radical (unpaired) electrons. The zero-order chi connectivity index (χ0) is 14.3. The molecule has 1 atom stereocenters. The number of hydrogen-bond acceptors (Lipinski definition) is 3. The van der Waals surface area contributed by atoms with Crippen LogP contribution in [0, 0.1) is 5.82 Å². The Morgan fingerprint density at radius 1 is 1.32 bits per heavy atom. The van der Waals surface area contributed by atoms with E-state index in [1.807, 2.05) is 20.8 Å². The lowest BCUT2D eigenvalue weighted by Gasteiger charge is -2.42. The van der Waals surface area contributed by atoms with Crippen molar-refractivity contribution in [1.82, 2.24) is 9.62 Å². The smallest absolute Gasteiger partial charge is 0.243 e. The van der Waals surface area contributed by atoms with Gasteiger partial charge < -0.3 is 5.32 Å². The molecule has 1 saturated heterocycles. The van der Waals surface area contributed by atoms with Crippen molar-refractivity contribution in [2.45, 2.75) is 37.2 Å². The van der Waals surface area contributed by atoms with Crippen LogP contribution in [-0.4, -0.2) is 37.4 Å². The van der Waals surface area contributed by atoms with Gasteiger partial charge in [0.25, 0.3) is 0 Å². The lowest BCUT2D eigenvalue weighted by atomic mass is 10.0. The average molecular weight is 286 g/mol. The van der Waals surface area contributed by atoms with E-state index >= 15 is 0 Å². The number of benzene rings is 1. The summed E-state index contributed by atoms with van der Waals surface area (Å²) in [6.45, 7) is 6.79. The molecular formula is C13H19FN2O2S. The Morgan fingerprint density at radius 3 is 2.47 bits per heavy atom. The van der Waals surface area contributed by atoms with Gasteiger partial charge in [-0.3, -0.25) is 0 Å². The Kier molecular flexibility index (Phi) is 3.68. The molecule has 1 N–H and O–H groups in total. The van der Waals surface area contributed by atoms with Crippen LogP contribution in [0.15, 0.2) is 29.2 Å². The second-order valence-electron chi connectivity index (χ2n) is 5.62. The molecule has 6 heteroatoms. The highest BCUT2D eigenvalue weighted by Crippen LogP contribution is 2.24. The summed E-state index contributed by atoms with van der Waals surface area (Å²) in [7, 11) is -3.57. The fourth-order valence-electron chi connectivity index (χ4n) is 2.19. The first-order valence-electron chi connectivity index (χ1n) is 6.25. The zero-order valence-corrected chi connectivity index (χ0v) is 12.2. The molecule has 1 aromatic carbocycles. The molecule has 1 aromatic rings. The molecule has 106 valence electrons. The minimum atomic E-state index is -3.57. The van der Waals surface area contributed by atoms with Gasteiger partial charge in [-0.15, -0.1) is 0 Å². The van der Waals surface area contributed by atoms with Crippen LogP contribution < -0.4 is 5.32 Å². The van der Waals surface area contributed by atoms with E-state index in [2.05, 4.69) is 5.32 Å². The first-order valence-corrected chi connectivity index (χ1v) is 7.69. The molecule has 0 aromatic heterocycles. The highest BCUT2D eigenvalue weighted by atomic mass is 32.2. The molecule has 2 rings (SSSR count). The van der Waals surface area contributed by atoms with Crippen molar-refractivity contribution in [1.29, 1.82) is 0 Å². The van der Waals surface area contributed by atoms with Crippen LogP contribution in [0.3, 0.4) is 0 Å². The monoisotopic (exact) mass is 286 g/mol. The van der Waals surface area contributed by atoms with E-state index in [4.69, 9.17) is 0 Å². The normalized spacial score (nSPS) is 24.3. The zero-order valence-electron chi connectivity index (χ0n) is 11.4. The van der Waals surface area contributed by atoms with Gasteiger partial charge in [0.2, 0.25) is 10.0 Å². The predicted octanol–water partition coefficient (Wildman–Crippen LogP) is 1.59. The summed E-state index contributed by atoms with van der Waals surface area (Å²) in [6.07, 6.45) is 0. The molecule has 1 heterocycles. The molecule has 0 aliphatic carbocycles. The van der Waals surface area contributed by atoms with E-state index < -0.39 is 15.8 Å². The first kappa shape index (κ1) is 14.4. The fourth-order valence-corrected chi connectivity index (χ4v) is 3.98. The number of halogens is 1. The standard InChI is InChI=1S/C13H19FN2O2S/c1-10-8-15-13(2,3)9-16(10)19(17,18)12-6-4-11(14)5-7-12/h4-7,10,15H,8-9H2,1-3H3. The lowest BCUT2D eigenvalue weighted by Crippen LogP contribution is -2.61. The molecule has 1 unspecified atom stereocenters. The van der Waals surface area contributed by atoms with Crippen molar-refractivity contribution in [3.05, 3.63) is 30.1 Å². The molecule has 1 aliphatic heterocycles. The summed E-state index contributed by atoms with van der Waals surface area (Å²) in [5.74, 6) is -0.437. The maximum absolute atomic E-state index is 12.9. The van der Waals surface area contributed by atoms with Crippen LogP contribution in [-0.2, 0) is 10.0 Å². The molecule has 0 spiro atoms. The van der Waals surface area contributed by atoms with E-state index in [1.54, 1.807) is 0 Å². The minimum Gasteiger partial charge on any atom is -0.309 e. The third kappa shape index (κ3) is 2.96. The van der Waals surface area contributed by atoms with Gasteiger partial charge in [-0.1, -0.05) is 0 Å². The summed E-state index contributed by atoms with van der Waals surface area (Å²) in [6, 6.07) is 4.84. The second kappa shape index (κ2) is 4.85. The molecule has 1 fully saturated rings. The first-order chi connectivity index (χ1) is 8.72. The molecule has 4 nitrogen and oxygen atoms in total. The van der Waals surface area contributed by atoms with Crippen molar-refractivity contribution >= 4 is 10.0 Å². The summed E-state index contributed by atoms with van der Waals surface area (Å²) in [4.78, 5) is 0.137. The van der Waals surface area contributed by atoms with Crippen LogP contribution in [0.1, 0.15) is 20.8 Å². The summed E-state index contributed by atoms with van der Waals surface area (Å²) in [5, 5.41) is 3.30. The third-order valence-electron chi connectivity index (χ3n) is 3.34. The number of sulfonamides is 1. The van der Waals surface area contributed by atoms with Gasteiger partial charge in [0, 0.05) is 24.7 Å². The summed E-state index contributed by atoms with van der Waals surface area (Å²) in [5.41, 5.74) is -0.264. The molecule has 0 amide bonds. The van der Waals surface area contributed by atoms with Crippen molar-refractivity contribution in [3.8, 4) is 0 Å². The van der Waals surface area contributed by atoms with E-state index in [0.717, 1.165) is 0 Å². The van der Waals surface area contributed by atoms with Gasteiger partial charge in [0.15, 0.2) is 0 Å². The van der Waals surface area contributed by atoms with Crippen LogP contribution >= 0.6 is 0 Å². The van der Waals surface area contributed by atoms with E-state index in [-0.39, 0.29) is 16.5 Å². The quantitative estimate of drug-likeness (QED) is 0.898. The van der Waals surface area contributed by atoms with Crippen LogP contribution in [0.5, 0.6) is 0 Å². The highest BCUT2D eigenvalue weighted by molar-refractivity contribution is 7.89. The fraction of sp³-hybridized carbons (Fsp3) is 0.538. The Morgan fingerprint density at radius 2 is 1.89 bits per heavy atom. The maximum atomic E-state index is 12.9. The number of nitrogens with zero attached hydrogens (tertiary/aromatic N) is 1. The second-order valence-corrected chi connectivity index (χ2v) is 7.51. The van der Waals surface area contributed by atoms with E-state index in [1.165, 1.54) is 28.6 Å². The average Bonchev–Trinajstić information content (AvgIpc) is 2.33. The summed E-state index contributed by atoms with van der Waals surface area (Å²) >= 11 is 0. The minimum absolute atomic E-state index is 0.122. The molecule has 0 saturated carbocycles. The van der Waals surface area contributed by atoms with E-state index in [9.17, 15) is 12.8 Å². The number of nitrogens with one attached hydrogen (secondary N) is 1. The predicted molar refractivity (Wildman–Crippen MR) is 71.8 cm³/mol. The van der Waals surface area contributed by atoms with Gasteiger partial charge in [0.1, 0.15) is 5.82 Å². The highest BCUT2D eigenvalue weighted by Gasteiger charge is 2.37. The Labute approximate surface area is 113 Å². The Bertz CT molecular complexity index is 555. The van der Waals surface area contributed by atoms with Gasteiger partial charge in [-0.25, -0.2) is 12.8 Å². The summed E-state index contributed by atoms with van der Waals surface area (Å²) < 4.78 is 39.5. The van der Waals surface area contributed by atoms with Gasteiger partial charge >= 0.3 is 0 Å². The van der Waals surface area contributed by atoms with Crippen molar-refractivity contribution in [2.24, 2.45) is 0 Å². The van der Waals surface area contributed by atoms with Gasteiger partial charge in [-0.2, -0.15) is 4.31 Å². The van der Waals surface area contributed by atoms with Gasteiger partial charge in [-0.05, 0) is 45.0 Å². The Hall–Kier alpha value is -0.980. The van der Waals surface area contributed by atoms with Gasteiger partial charge in [0.05, 0.1) is 4.90 Å². The SMILES string of the molecule is CC1CNC(C)(C)CN1S(=O)(=O)c1ccc(F)cc1. The number of rotatable bonds is 2. The van der Waals surface area contributed by atoms with Crippen molar-refractivity contribution in [3.63, 3.8) is 0 Å². The number of piperazine rings is 1. The van der Waals surface area contributed by atoms with Crippen molar-refractivity contribution in [2.75, 3.05) is 13.1 Å².